The van der Waals surface area contributed by atoms with Crippen LogP contribution < -0.4 is 9.46 Å². The van der Waals surface area contributed by atoms with E-state index in [1.165, 1.54) is 27.6 Å². The first-order chi connectivity index (χ1) is 12.7. The second-order valence-corrected chi connectivity index (χ2v) is 7.56. The maximum Gasteiger partial charge on any atom is 0.122 e. The standard InChI is InChI=1S/C22H26N2OS/c1-4-22(5-2,16-9-10-20-15(13-16)11-12-25-20)18-14-23-21-17(18)7-6-8-19(21)24-26-3/h6-10,13-14,23-24H,4-5,11-12H2,1-3H3. The Balaban J connectivity index is 1.89. The maximum atomic E-state index is 5.72. The van der Waals surface area contributed by atoms with Crippen LogP contribution in [-0.4, -0.2) is 17.8 Å². The summed E-state index contributed by atoms with van der Waals surface area (Å²) in [5, 5.41) is 1.31. The third-order valence-electron chi connectivity index (χ3n) is 5.89. The highest BCUT2D eigenvalue weighted by molar-refractivity contribution is 7.99. The molecule has 0 aliphatic carbocycles. The SMILES string of the molecule is CCC(CC)(c1ccc2c(c1)CCO2)c1c[nH]c2c(NSC)cccc12. The molecule has 0 fully saturated rings. The van der Waals surface area contributed by atoms with Crippen LogP contribution in [0.25, 0.3) is 10.9 Å². The highest BCUT2D eigenvalue weighted by atomic mass is 32.2. The molecule has 0 atom stereocenters. The van der Waals surface area contributed by atoms with Gasteiger partial charge < -0.3 is 14.4 Å². The Morgan fingerprint density at radius 2 is 2.04 bits per heavy atom. The molecule has 2 N–H and O–H groups in total. The predicted octanol–water partition coefficient (Wildman–Crippen LogP) is 5.90. The van der Waals surface area contributed by atoms with Crippen molar-refractivity contribution in [3.63, 3.8) is 0 Å². The second-order valence-electron chi connectivity index (χ2n) is 6.95. The Kier molecular flexibility index (Phi) is 4.62. The van der Waals surface area contributed by atoms with E-state index in [2.05, 4.69) is 72.4 Å². The van der Waals surface area contributed by atoms with E-state index in [1.807, 2.05) is 0 Å². The molecule has 1 aliphatic rings. The average Bonchev–Trinajstić information content (AvgIpc) is 3.31. The number of para-hydroxylation sites is 1. The number of aromatic amines is 1. The quantitative estimate of drug-likeness (QED) is 0.533. The predicted molar refractivity (Wildman–Crippen MR) is 112 cm³/mol. The molecule has 2 aromatic carbocycles. The van der Waals surface area contributed by atoms with Gasteiger partial charge in [0.05, 0.1) is 17.8 Å². The molecule has 0 bridgehead atoms. The molecule has 0 unspecified atom stereocenters. The fourth-order valence-electron chi connectivity index (χ4n) is 4.42. The minimum absolute atomic E-state index is 0.00779. The molecule has 4 heteroatoms. The zero-order valence-corrected chi connectivity index (χ0v) is 16.5. The number of nitrogens with one attached hydrogen (secondary N) is 2. The van der Waals surface area contributed by atoms with Crippen LogP contribution in [0, 0.1) is 0 Å². The fourth-order valence-corrected chi connectivity index (χ4v) is 4.81. The minimum atomic E-state index is 0.00779. The van der Waals surface area contributed by atoms with E-state index in [0.717, 1.165) is 37.3 Å². The van der Waals surface area contributed by atoms with Crippen molar-refractivity contribution in [1.82, 2.24) is 4.98 Å². The van der Waals surface area contributed by atoms with E-state index < -0.39 is 0 Å². The normalized spacial score (nSPS) is 13.7. The zero-order chi connectivity index (χ0) is 18.1. The van der Waals surface area contributed by atoms with Crippen LogP contribution in [0.2, 0.25) is 0 Å². The number of fused-ring (bicyclic) bond motifs is 2. The van der Waals surface area contributed by atoms with Gasteiger partial charge >= 0.3 is 0 Å². The minimum Gasteiger partial charge on any atom is -0.493 e. The molecular formula is C22H26N2OS. The molecule has 136 valence electrons. The third kappa shape index (κ3) is 2.59. The summed E-state index contributed by atoms with van der Waals surface area (Å²) in [6, 6.07) is 13.3. The lowest BCUT2D eigenvalue weighted by atomic mass is 9.70. The smallest absolute Gasteiger partial charge is 0.122 e. The highest BCUT2D eigenvalue weighted by Crippen LogP contribution is 2.44. The van der Waals surface area contributed by atoms with Crippen LogP contribution in [0.15, 0.2) is 42.6 Å². The molecular weight excluding hydrogens is 340 g/mol. The van der Waals surface area contributed by atoms with E-state index in [0.29, 0.717) is 0 Å². The van der Waals surface area contributed by atoms with Gasteiger partial charge in [-0.05, 0) is 41.7 Å². The van der Waals surface area contributed by atoms with Gasteiger partial charge in [0.25, 0.3) is 0 Å². The van der Waals surface area contributed by atoms with Crippen LogP contribution in [0.1, 0.15) is 43.4 Å². The van der Waals surface area contributed by atoms with Crippen LogP contribution in [-0.2, 0) is 11.8 Å². The van der Waals surface area contributed by atoms with Crippen molar-refractivity contribution in [2.45, 2.75) is 38.5 Å². The van der Waals surface area contributed by atoms with Crippen molar-refractivity contribution in [2.24, 2.45) is 0 Å². The van der Waals surface area contributed by atoms with E-state index in [9.17, 15) is 0 Å². The summed E-state index contributed by atoms with van der Waals surface area (Å²) in [6.07, 6.45) is 7.42. The van der Waals surface area contributed by atoms with Crippen molar-refractivity contribution in [2.75, 3.05) is 17.6 Å². The van der Waals surface area contributed by atoms with Gasteiger partial charge in [0.15, 0.2) is 0 Å². The van der Waals surface area contributed by atoms with E-state index in [1.54, 1.807) is 11.9 Å². The molecule has 0 amide bonds. The third-order valence-corrected chi connectivity index (χ3v) is 6.32. The first kappa shape index (κ1) is 17.3. The Labute approximate surface area is 159 Å². The van der Waals surface area contributed by atoms with Crippen molar-refractivity contribution < 1.29 is 4.74 Å². The Hall–Kier alpha value is -2.07. The van der Waals surface area contributed by atoms with Crippen molar-refractivity contribution in [3.8, 4) is 5.75 Å². The molecule has 4 rings (SSSR count). The van der Waals surface area contributed by atoms with Gasteiger partial charge in [-0.2, -0.15) is 0 Å². The highest BCUT2D eigenvalue weighted by Gasteiger charge is 2.34. The summed E-state index contributed by atoms with van der Waals surface area (Å²) < 4.78 is 9.11. The number of hydrogen-bond acceptors (Lipinski definition) is 3. The van der Waals surface area contributed by atoms with Gasteiger partial charge in [-0.25, -0.2) is 0 Å². The maximum absolute atomic E-state index is 5.72. The first-order valence-electron chi connectivity index (χ1n) is 9.39. The number of hydrogen-bond donors (Lipinski definition) is 2. The number of anilines is 1. The number of aromatic nitrogens is 1. The number of benzene rings is 2. The Morgan fingerprint density at radius 1 is 1.19 bits per heavy atom. The van der Waals surface area contributed by atoms with Crippen LogP contribution in [0.3, 0.4) is 0 Å². The van der Waals surface area contributed by atoms with Crippen LogP contribution >= 0.6 is 11.9 Å². The lowest BCUT2D eigenvalue weighted by Crippen LogP contribution is -2.26. The topological polar surface area (TPSA) is 37.0 Å². The molecule has 26 heavy (non-hydrogen) atoms. The molecule has 0 saturated heterocycles. The van der Waals surface area contributed by atoms with Crippen molar-refractivity contribution >= 4 is 28.5 Å². The lowest BCUT2D eigenvalue weighted by Gasteiger charge is -2.33. The molecule has 3 nitrogen and oxygen atoms in total. The Morgan fingerprint density at radius 3 is 2.81 bits per heavy atom. The largest absolute Gasteiger partial charge is 0.493 e. The Bertz CT molecular complexity index is 927. The van der Waals surface area contributed by atoms with Gasteiger partial charge in [-0.15, -0.1) is 0 Å². The average molecular weight is 367 g/mol. The van der Waals surface area contributed by atoms with Gasteiger partial charge in [-0.3, -0.25) is 0 Å². The summed E-state index contributed by atoms with van der Waals surface area (Å²) in [5.41, 5.74) is 6.47. The molecule has 0 radical (unpaired) electrons. The second kappa shape index (κ2) is 6.92. The van der Waals surface area contributed by atoms with Crippen LogP contribution in [0.5, 0.6) is 5.75 Å². The van der Waals surface area contributed by atoms with E-state index >= 15 is 0 Å². The van der Waals surface area contributed by atoms with Gasteiger partial charge in [-0.1, -0.05) is 50.1 Å². The van der Waals surface area contributed by atoms with Gasteiger partial charge in [0, 0.05) is 29.7 Å². The van der Waals surface area contributed by atoms with Crippen LogP contribution in [0.4, 0.5) is 5.69 Å². The van der Waals surface area contributed by atoms with E-state index in [4.69, 9.17) is 4.74 Å². The molecule has 0 saturated carbocycles. The number of H-pyrrole nitrogens is 1. The molecule has 0 spiro atoms. The summed E-state index contributed by atoms with van der Waals surface area (Å²) >= 11 is 1.62. The summed E-state index contributed by atoms with van der Waals surface area (Å²) in [6.45, 7) is 5.41. The summed E-state index contributed by atoms with van der Waals surface area (Å²) in [7, 11) is 0. The first-order valence-corrected chi connectivity index (χ1v) is 10.6. The zero-order valence-electron chi connectivity index (χ0n) is 15.7. The molecule has 3 aromatic rings. The van der Waals surface area contributed by atoms with E-state index in [-0.39, 0.29) is 5.41 Å². The summed E-state index contributed by atoms with van der Waals surface area (Å²) in [5.74, 6) is 1.06. The molecule has 1 aromatic heterocycles. The van der Waals surface area contributed by atoms with Gasteiger partial charge in [0.2, 0.25) is 0 Å². The molecule has 2 heterocycles. The monoisotopic (exact) mass is 366 g/mol. The fraction of sp³-hybridized carbons (Fsp3) is 0.364. The van der Waals surface area contributed by atoms with Crippen molar-refractivity contribution in [3.05, 3.63) is 59.3 Å². The number of ether oxygens (including phenoxy) is 1. The lowest BCUT2D eigenvalue weighted by molar-refractivity contribution is 0.356. The van der Waals surface area contributed by atoms with Gasteiger partial charge in [0.1, 0.15) is 5.75 Å². The molecule has 1 aliphatic heterocycles. The number of rotatable bonds is 6. The van der Waals surface area contributed by atoms with Crippen molar-refractivity contribution in [1.29, 1.82) is 0 Å². The summed E-state index contributed by atoms with van der Waals surface area (Å²) in [4.78, 5) is 3.54.